The van der Waals surface area contributed by atoms with E-state index in [1.807, 2.05) is 0 Å². The molecule has 4 rings (SSSR count). The Morgan fingerprint density at radius 2 is 1.89 bits per heavy atom. The molecule has 144 valence electrons. The number of carbonyl (C=O) groups is 3. The van der Waals surface area contributed by atoms with Crippen LogP contribution in [0.1, 0.15) is 42.5 Å². The van der Waals surface area contributed by atoms with Gasteiger partial charge in [0, 0.05) is 19.6 Å². The van der Waals surface area contributed by atoms with Crippen LogP contribution in [-0.2, 0) is 9.59 Å². The lowest BCUT2D eigenvalue weighted by molar-refractivity contribution is -0.149. The number of carboxylic acids is 1. The summed E-state index contributed by atoms with van der Waals surface area (Å²) in [4.78, 5) is 41.1. The van der Waals surface area contributed by atoms with Crippen molar-refractivity contribution in [3.05, 3.63) is 29.8 Å². The van der Waals surface area contributed by atoms with E-state index in [1.165, 1.54) is 11.0 Å². The van der Waals surface area contributed by atoms with Gasteiger partial charge in [-0.05, 0) is 43.7 Å². The summed E-state index contributed by atoms with van der Waals surface area (Å²) < 4.78 is 0. The van der Waals surface area contributed by atoms with Crippen molar-refractivity contribution in [3.8, 4) is 5.75 Å². The number of rotatable bonds is 3. The third-order valence-corrected chi connectivity index (χ3v) is 6.54. The number of phenolic OH excluding ortho intramolecular Hbond substituents is 1. The third-order valence-electron chi connectivity index (χ3n) is 6.54. The normalized spacial score (nSPS) is 29.8. The summed E-state index contributed by atoms with van der Waals surface area (Å²) in [5.74, 6) is -1.42. The zero-order chi connectivity index (χ0) is 19.2. The Kier molecular flexibility index (Phi) is 4.32. The number of amides is 2. The van der Waals surface area contributed by atoms with Crippen LogP contribution in [0, 0.1) is 11.3 Å². The van der Waals surface area contributed by atoms with Crippen molar-refractivity contribution in [2.75, 3.05) is 19.6 Å². The standard InChI is InChI=1S/C20H24N2O5/c23-16-8-2-1-6-14(16)17(24)22-10-4-7-15(22)18(25)21-11-13-5-3-9-20(13,12-21)19(26)27/h1-2,6,8,13,15,23H,3-5,7,9-12H2,(H,26,27)/t13-,15?,20+/m0/s1. The summed E-state index contributed by atoms with van der Waals surface area (Å²) in [7, 11) is 0. The molecular weight excluding hydrogens is 348 g/mol. The molecule has 1 aliphatic carbocycles. The molecular formula is C20H24N2O5. The van der Waals surface area contributed by atoms with Crippen LogP contribution < -0.4 is 0 Å². The SMILES string of the molecule is O=C(C1CCCN1C(=O)c1ccccc1O)N1C[C@@H]2CCC[C@@]2(C(=O)O)C1. The number of para-hydroxylation sites is 1. The van der Waals surface area contributed by atoms with Crippen LogP contribution in [-0.4, -0.2) is 63.5 Å². The number of hydrogen-bond acceptors (Lipinski definition) is 4. The average Bonchev–Trinajstić information content (AvgIpc) is 3.34. The molecule has 27 heavy (non-hydrogen) atoms. The lowest BCUT2D eigenvalue weighted by atomic mass is 9.81. The van der Waals surface area contributed by atoms with Gasteiger partial charge >= 0.3 is 5.97 Å². The number of fused-ring (bicyclic) bond motifs is 1. The van der Waals surface area contributed by atoms with Gasteiger partial charge < -0.3 is 20.0 Å². The molecule has 2 aliphatic heterocycles. The Hall–Kier alpha value is -2.57. The van der Waals surface area contributed by atoms with Crippen LogP contribution in [0.5, 0.6) is 5.75 Å². The van der Waals surface area contributed by atoms with Gasteiger partial charge in [0.25, 0.3) is 5.91 Å². The molecule has 1 saturated carbocycles. The molecule has 3 atom stereocenters. The molecule has 7 nitrogen and oxygen atoms in total. The molecule has 2 amide bonds. The second kappa shape index (κ2) is 6.55. The second-order valence-corrected chi connectivity index (χ2v) is 7.94. The molecule has 1 aromatic carbocycles. The van der Waals surface area contributed by atoms with Gasteiger partial charge in [0.1, 0.15) is 11.8 Å². The lowest BCUT2D eigenvalue weighted by Gasteiger charge is -2.29. The molecule has 3 fully saturated rings. The smallest absolute Gasteiger partial charge is 0.311 e. The van der Waals surface area contributed by atoms with Crippen molar-refractivity contribution < 1.29 is 24.6 Å². The Morgan fingerprint density at radius 3 is 2.59 bits per heavy atom. The fourth-order valence-corrected chi connectivity index (χ4v) is 5.09. The highest BCUT2D eigenvalue weighted by molar-refractivity contribution is 6.00. The predicted molar refractivity (Wildman–Crippen MR) is 96.2 cm³/mol. The highest BCUT2D eigenvalue weighted by Crippen LogP contribution is 2.49. The van der Waals surface area contributed by atoms with Gasteiger partial charge in [-0.2, -0.15) is 0 Å². The van der Waals surface area contributed by atoms with Crippen LogP contribution in [0.15, 0.2) is 24.3 Å². The van der Waals surface area contributed by atoms with Crippen LogP contribution in [0.4, 0.5) is 0 Å². The minimum Gasteiger partial charge on any atom is -0.507 e. The number of carbonyl (C=O) groups excluding carboxylic acids is 2. The van der Waals surface area contributed by atoms with Gasteiger partial charge in [-0.15, -0.1) is 0 Å². The first-order chi connectivity index (χ1) is 12.9. The first kappa shape index (κ1) is 17.8. The molecule has 1 aromatic rings. The van der Waals surface area contributed by atoms with Crippen molar-refractivity contribution >= 4 is 17.8 Å². The minimum absolute atomic E-state index is 0.00247. The van der Waals surface area contributed by atoms with Gasteiger partial charge in [-0.1, -0.05) is 18.6 Å². The van der Waals surface area contributed by atoms with E-state index in [9.17, 15) is 24.6 Å². The summed E-state index contributed by atoms with van der Waals surface area (Å²) in [5, 5.41) is 19.7. The lowest BCUT2D eigenvalue weighted by Crippen LogP contribution is -2.48. The summed E-state index contributed by atoms with van der Waals surface area (Å²) in [6.07, 6.45) is 3.63. The first-order valence-electron chi connectivity index (χ1n) is 9.55. The quantitative estimate of drug-likeness (QED) is 0.842. The van der Waals surface area contributed by atoms with Crippen molar-refractivity contribution in [3.63, 3.8) is 0 Å². The van der Waals surface area contributed by atoms with Gasteiger partial charge in [0.2, 0.25) is 5.91 Å². The van der Waals surface area contributed by atoms with E-state index < -0.39 is 17.4 Å². The summed E-state index contributed by atoms with van der Waals surface area (Å²) in [6, 6.07) is 5.75. The summed E-state index contributed by atoms with van der Waals surface area (Å²) in [5.41, 5.74) is -0.627. The molecule has 0 radical (unpaired) electrons. The van der Waals surface area contributed by atoms with E-state index in [2.05, 4.69) is 0 Å². The number of benzene rings is 1. The number of hydrogen-bond donors (Lipinski definition) is 2. The van der Waals surface area contributed by atoms with Crippen LogP contribution >= 0.6 is 0 Å². The zero-order valence-corrected chi connectivity index (χ0v) is 15.1. The van der Waals surface area contributed by atoms with Crippen molar-refractivity contribution in [1.82, 2.24) is 9.80 Å². The molecule has 0 bridgehead atoms. The van der Waals surface area contributed by atoms with Crippen LogP contribution in [0.2, 0.25) is 0 Å². The second-order valence-electron chi connectivity index (χ2n) is 7.94. The van der Waals surface area contributed by atoms with Crippen molar-refractivity contribution in [1.29, 1.82) is 0 Å². The van der Waals surface area contributed by atoms with E-state index in [0.29, 0.717) is 25.9 Å². The van der Waals surface area contributed by atoms with Gasteiger partial charge in [-0.3, -0.25) is 14.4 Å². The topological polar surface area (TPSA) is 98.2 Å². The van der Waals surface area contributed by atoms with Gasteiger partial charge in [0.05, 0.1) is 11.0 Å². The van der Waals surface area contributed by atoms with Crippen molar-refractivity contribution in [2.45, 2.75) is 38.1 Å². The Morgan fingerprint density at radius 1 is 1.11 bits per heavy atom. The van der Waals surface area contributed by atoms with Crippen molar-refractivity contribution in [2.24, 2.45) is 11.3 Å². The molecule has 3 aliphatic rings. The number of likely N-dealkylation sites (tertiary alicyclic amines) is 2. The maximum absolute atomic E-state index is 13.2. The molecule has 2 heterocycles. The predicted octanol–water partition coefficient (Wildman–Crippen LogP) is 1.71. The molecule has 2 saturated heterocycles. The largest absolute Gasteiger partial charge is 0.507 e. The monoisotopic (exact) mass is 372 g/mol. The maximum atomic E-state index is 13.2. The molecule has 0 spiro atoms. The van der Waals surface area contributed by atoms with Crippen LogP contribution in [0.3, 0.4) is 0 Å². The maximum Gasteiger partial charge on any atom is 0.311 e. The highest BCUT2D eigenvalue weighted by Gasteiger charge is 2.56. The summed E-state index contributed by atoms with van der Waals surface area (Å²) in [6.45, 7) is 1.16. The first-order valence-corrected chi connectivity index (χ1v) is 9.55. The minimum atomic E-state index is -0.819. The Bertz CT molecular complexity index is 794. The van der Waals surface area contributed by atoms with E-state index in [4.69, 9.17) is 0 Å². The zero-order valence-electron chi connectivity index (χ0n) is 15.1. The summed E-state index contributed by atoms with van der Waals surface area (Å²) >= 11 is 0. The Balaban J connectivity index is 1.53. The van der Waals surface area contributed by atoms with E-state index >= 15 is 0 Å². The molecule has 2 N–H and O–H groups in total. The number of phenols is 1. The van der Waals surface area contributed by atoms with Gasteiger partial charge in [0.15, 0.2) is 0 Å². The third kappa shape index (κ3) is 2.76. The van der Waals surface area contributed by atoms with E-state index in [0.717, 1.165) is 19.3 Å². The molecule has 1 unspecified atom stereocenters. The Labute approximate surface area is 157 Å². The van der Waals surface area contributed by atoms with E-state index in [1.54, 1.807) is 23.1 Å². The molecule has 7 heteroatoms. The number of nitrogens with zero attached hydrogens (tertiary/aromatic N) is 2. The van der Waals surface area contributed by atoms with E-state index in [-0.39, 0.29) is 35.6 Å². The molecule has 0 aromatic heterocycles. The average molecular weight is 372 g/mol. The fourth-order valence-electron chi connectivity index (χ4n) is 5.09. The highest BCUT2D eigenvalue weighted by atomic mass is 16.4. The number of aromatic hydroxyl groups is 1. The fraction of sp³-hybridized carbons (Fsp3) is 0.550. The number of carboxylic acid groups (broad SMARTS) is 1. The van der Waals surface area contributed by atoms with Gasteiger partial charge in [-0.25, -0.2) is 0 Å². The number of aliphatic carboxylic acids is 1. The van der Waals surface area contributed by atoms with Crippen LogP contribution in [0.25, 0.3) is 0 Å².